The van der Waals surface area contributed by atoms with Gasteiger partial charge in [0, 0.05) is 0 Å². The van der Waals surface area contributed by atoms with Crippen LogP contribution in [0.25, 0.3) is 6.08 Å². The van der Waals surface area contributed by atoms with Crippen molar-refractivity contribution in [3.8, 4) is 0 Å². The van der Waals surface area contributed by atoms with Crippen molar-refractivity contribution in [2.24, 2.45) is 0 Å². The summed E-state index contributed by atoms with van der Waals surface area (Å²) in [4.78, 5) is 0. The topological polar surface area (TPSA) is 0 Å². The molecule has 0 amide bonds. The van der Waals surface area contributed by atoms with Crippen LogP contribution in [-0.4, -0.2) is 29.6 Å². The number of benzene rings is 1. The fourth-order valence-corrected chi connectivity index (χ4v) is 0.816. The minimum absolute atomic E-state index is 0. The Hall–Kier alpha value is -0.0400. The van der Waals surface area contributed by atoms with E-state index in [2.05, 4.69) is 25.6 Å². The van der Waals surface area contributed by atoms with Gasteiger partial charge in [-0.2, -0.15) is 0 Å². The average molecular weight is 142 g/mol. The first-order chi connectivity index (χ1) is 4.34. The van der Waals surface area contributed by atoms with E-state index in [9.17, 15) is 0 Å². The molecule has 0 heterocycles. The molecule has 0 unspecified atom stereocenters. The van der Waals surface area contributed by atoms with E-state index in [0.29, 0.717) is 0 Å². The van der Waals surface area contributed by atoms with Gasteiger partial charge in [0.1, 0.15) is 0 Å². The molecule has 0 aliphatic carbocycles. The fraction of sp³-hybridized carbons (Fsp3) is 0.111. The van der Waals surface area contributed by atoms with Crippen LogP contribution >= 0.6 is 0 Å². The number of hydrogen-bond acceptors (Lipinski definition) is 0. The van der Waals surface area contributed by atoms with E-state index in [0.717, 1.165) is 0 Å². The van der Waals surface area contributed by atoms with Crippen molar-refractivity contribution in [3.63, 3.8) is 0 Å². The Morgan fingerprint density at radius 1 is 1.30 bits per heavy atom. The third kappa shape index (κ3) is 2.30. The molecule has 0 saturated heterocycles. The van der Waals surface area contributed by atoms with Crippen LogP contribution < -0.4 is 0 Å². The van der Waals surface area contributed by atoms with Crippen LogP contribution in [0.2, 0.25) is 0 Å². The SMILES string of the molecule is C=Cc1ccccc1C.[NaH]. The summed E-state index contributed by atoms with van der Waals surface area (Å²) in [6, 6.07) is 8.19. The van der Waals surface area contributed by atoms with Crippen molar-refractivity contribution in [2.75, 3.05) is 0 Å². The van der Waals surface area contributed by atoms with Gasteiger partial charge in [-0.15, -0.1) is 0 Å². The summed E-state index contributed by atoms with van der Waals surface area (Å²) >= 11 is 0. The molecule has 0 aliphatic heterocycles. The minimum atomic E-state index is 0. The summed E-state index contributed by atoms with van der Waals surface area (Å²) in [5.41, 5.74) is 2.50. The van der Waals surface area contributed by atoms with E-state index >= 15 is 0 Å². The summed E-state index contributed by atoms with van der Waals surface area (Å²) in [7, 11) is 0. The Balaban J connectivity index is 0.000000810. The molecule has 0 bridgehead atoms. The summed E-state index contributed by atoms with van der Waals surface area (Å²) in [5, 5.41) is 0. The first-order valence-corrected chi connectivity index (χ1v) is 3.02. The first kappa shape index (κ1) is 9.96. The van der Waals surface area contributed by atoms with Crippen LogP contribution in [0.5, 0.6) is 0 Å². The van der Waals surface area contributed by atoms with Crippen molar-refractivity contribution in [1.82, 2.24) is 0 Å². The molecule has 0 N–H and O–H groups in total. The van der Waals surface area contributed by atoms with Crippen LogP contribution in [0.15, 0.2) is 30.8 Å². The number of rotatable bonds is 1. The summed E-state index contributed by atoms with van der Waals surface area (Å²) < 4.78 is 0. The second-order valence-electron chi connectivity index (χ2n) is 2.06. The third-order valence-corrected chi connectivity index (χ3v) is 1.41. The van der Waals surface area contributed by atoms with E-state index in [1.54, 1.807) is 0 Å². The average Bonchev–Trinajstić information content (AvgIpc) is 1.89. The van der Waals surface area contributed by atoms with Gasteiger partial charge in [-0.1, -0.05) is 36.9 Å². The van der Waals surface area contributed by atoms with E-state index in [4.69, 9.17) is 0 Å². The molecule has 0 aromatic heterocycles. The molecule has 48 valence electrons. The van der Waals surface area contributed by atoms with E-state index in [1.165, 1.54) is 11.1 Å². The molecule has 0 spiro atoms. The van der Waals surface area contributed by atoms with Gasteiger partial charge in [-0.3, -0.25) is 0 Å². The summed E-state index contributed by atoms with van der Waals surface area (Å²) in [6.07, 6.45) is 1.87. The predicted octanol–water partition coefficient (Wildman–Crippen LogP) is 1.99. The first-order valence-electron chi connectivity index (χ1n) is 3.02. The van der Waals surface area contributed by atoms with E-state index < -0.39 is 0 Å². The second-order valence-corrected chi connectivity index (χ2v) is 2.06. The third-order valence-electron chi connectivity index (χ3n) is 1.41. The van der Waals surface area contributed by atoms with Crippen LogP contribution in [-0.2, 0) is 0 Å². The van der Waals surface area contributed by atoms with Crippen molar-refractivity contribution in [1.29, 1.82) is 0 Å². The molecule has 1 heteroatoms. The quantitative estimate of drug-likeness (QED) is 0.526. The fourth-order valence-electron chi connectivity index (χ4n) is 0.816. The Labute approximate surface area is 84.3 Å². The van der Waals surface area contributed by atoms with Gasteiger partial charge >= 0.3 is 29.6 Å². The molecular weight excluding hydrogens is 131 g/mol. The van der Waals surface area contributed by atoms with Gasteiger partial charge in [0.05, 0.1) is 0 Å². The van der Waals surface area contributed by atoms with Crippen LogP contribution in [0.4, 0.5) is 0 Å². The molecule has 0 fully saturated rings. The molecule has 0 atom stereocenters. The summed E-state index contributed by atoms with van der Waals surface area (Å²) in [6.45, 7) is 5.77. The second kappa shape index (κ2) is 4.73. The van der Waals surface area contributed by atoms with Crippen LogP contribution in [0.1, 0.15) is 11.1 Å². The summed E-state index contributed by atoms with van der Waals surface area (Å²) in [5.74, 6) is 0. The standard InChI is InChI=1S/C9H10.Na.H/c1-3-9-7-5-4-6-8(9)2;;/h3-7H,1H2,2H3;;. The normalized spacial score (nSPS) is 8.10. The zero-order chi connectivity index (χ0) is 6.69. The Morgan fingerprint density at radius 2 is 1.90 bits per heavy atom. The van der Waals surface area contributed by atoms with Crippen LogP contribution in [0, 0.1) is 6.92 Å². The zero-order valence-corrected chi connectivity index (χ0v) is 5.59. The van der Waals surface area contributed by atoms with Gasteiger partial charge in [0.15, 0.2) is 0 Å². The van der Waals surface area contributed by atoms with Gasteiger partial charge in [-0.05, 0) is 18.1 Å². The number of aryl methyl sites for hydroxylation is 1. The Bertz CT molecular complexity index is 216. The van der Waals surface area contributed by atoms with Crippen LogP contribution in [0.3, 0.4) is 0 Å². The zero-order valence-electron chi connectivity index (χ0n) is 5.59. The monoisotopic (exact) mass is 142 g/mol. The van der Waals surface area contributed by atoms with E-state index in [1.807, 2.05) is 18.2 Å². The molecule has 1 aromatic rings. The van der Waals surface area contributed by atoms with Crippen molar-refractivity contribution in [3.05, 3.63) is 42.0 Å². The molecule has 0 radical (unpaired) electrons. The van der Waals surface area contributed by atoms with Crippen molar-refractivity contribution in [2.45, 2.75) is 6.92 Å². The van der Waals surface area contributed by atoms with Gasteiger partial charge in [-0.25, -0.2) is 0 Å². The van der Waals surface area contributed by atoms with Gasteiger partial charge in [0.2, 0.25) is 0 Å². The molecular formula is C9H11Na. The molecule has 0 aliphatic rings. The molecule has 1 aromatic carbocycles. The predicted molar refractivity (Wildman–Crippen MR) is 48.4 cm³/mol. The maximum absolute atomic E-state index is 3.69. The van der Waals surface area contributed by atoms with Gasteiger partial charge in [0.25, 0.3) is 0 Å². The molecule has 10 heavy (non-hydrogen) atoms. The van der Waals surface area contributed by atoms with Gasteiger partial charge < -0.3 is 0 Å². The maximum atomic E-state index is 3.69. The Morgan fingerprint density at radius 3 is 2.30 bits per heavy atom. The molecule has 0 nitrogen and oxygen atoms in total. The Kier molecular flexibility index (Phi) is 4.71. The van der Waals surface area contributed by atoms with E-state index in [-0.39, 0.29) is 29.6 Å². The number of hydrogen-bond donors (Lipinski definition) is 0. The molecule has 1 rings (SSSR count). The van der Waals surface area contributed by atoms with Crippen molar-refractivity contribution >= 4 is 35.6 Å². The van der Waals surface area contributed by atoms with Crippen molar-refractivity contribution < 1.29 is 0 Å². The molecule has 0 saturated carbocycles.